The van der Waals surface area contributed by atoms with E-state index in [1.807, 2.05) is 13.8 Å². The van der Waals surface area contributed by atoms with Crippen molar-refractivity contribution in [1.82, 2.24) is 0 Å². The molecule has 0 heterocycles. The lowest BCUT2D eigenvalue weighted by atomic mass is 9.34. The molecule has 2 aromatic rings. The molecule has 0 spiro atoms. The average molecular weight is 729 g/mol. The molecule has 10 atom stereocenters. The number of benzene rings is 2. The lowest BCUT2D eigenvalue weighted by molar-refractivity contribution is -0.268. The quantitative estimate of drug-likeness (QED) is 0.176. The maximum atomic E-state index is 13.8. The fourth-order valence-corrected chi connectivity index (χ4v) is 12.8. The Morgan fingerprint density at radius 2 is 1.19 bits per heavy atom. The summed E-state index contributed by atoms with van der Waals surface area (Å²) in [5.41, 5.74) is -1.19. The van der Waals surface area contributed by atoms with Gasteiger partial charge in [-0.05, 0) is 134 Å². The van der Waals surface area contributed by atoms with E-state index in [2.05, 4.69) is 40.7 Å². The first-order valence-electron chi connectivity index (χ1n) is 19.3. The van der Waals surface area contributed by atoms with Crippen molar-refractivity contribution < 1.29 is 44.3 Å². The van der Waals surface area contributed by atoms with Gasteiger partial charge in [-0.2, -0.15) is 0 Å². The fraction of sp³-hybridized carbons (Fsp3) is 0.614. The molecular weight excluding hydrogens is 672 g/mol. The van der Waals surface area contributed by atoms with Crippen LogP contribution in [-0.4, -0.2) is 56.6 Å². The second kappa shape index (κ2) is 12.3. The summed E-state index contributed by atoms with van der Waals surface area (Å²) >= 11 is 0. The molecule has 9 heteroatoms. The van der Waals surface area contributed by atoms with Gasteiger partial charge < -0.3 is 29.9 Å². The summed E-state index contributed by atoms with van der Waals surface area (Å²) in [6.07, 6.45) is 4.88. The van der Waals surface area contributed by atoms with Crippen LogP contribution in [0.15, 0.2) is 60.2 Å². The minimum absolute atomic E-state index is 0.00312. The summed E-state index contributed by atoms with van der Waals surface area (Å²) in [4.78, 5) is 40.6. The molecule has 4 N–H and O–H groups in total. The number of hydrogen-bond acceptors (Lipinski definition) is 8. The molecule has 0 radical (unpaired) electrons. The summed E-state index contributed by atoms with van der Waals surface area (Å²) in [6, 6.07) is 11.5. The van der Waals surface area contributed by atoms with E-state index >= 15 is 0 Å². The van der Waals surface area contributed by atoms with Crippen molar-refractivity contribution in [2.45, 2.75) is 118 Å². The maximum Gasteiger partial charge on any atom is 0.338 e. The molecule has 2 aromatic carbocycles. The number of phenols is 2. The van der Waals surface area contributed by atoms with Gasteiger partial charge in [-0.1, -0.05) is 60.1 Å². The number of fused-ring (bicyclic) bond motifs is 7. The second-order valence-electron chi connectivity index (χ2n) is 19.1. The van der Waals surface area contributed by atoms with Crippen LogP contribution in [0.5, 0.6) is 11.5 Å². The molecule has 7 rings (SSSR count). The van der Waals surface area contributed by atoms with Crippen molar-refractivity contribution in [3.05, 3.63) is 71.3 Å². The number of aliphatic hydroxyl groups is 1. The standard InChI is InChI=1S/C44H56O9/c1-39(2)22-23-44(38(50)51)21-18-30-41(5)19-16-29-40(3,4)35(53-37(49)26-10-14-28(46)15-11-26)33(52-36(48)25-8-12-27(45)13-9-25)34(47)43(29,7)31(41)17-20-42(30,6)32(44)24-39/h8-15,18,29,31-35,45-47H,16-17,19-24H2,1-7H3,(H,50,51)/t29-,31+,32?,33+,34-,35-,41-,42+,43+,44+/m1/s1. The van der Waals surface area contributed by atoms with Gasteiger partial charge in [-0.25, -0.2) is 9.59 Å². The van der Waals surface area contributed by atoms with Gasteiger partial charge in [-0.3, -0.25) is 4.79 Å². The Morgan fingerprint density at radius 1 is 0.679 bits per heavy atom. The normalized spacial score (nSPS) is 39.5. The Balaban J connectivity index is 1.29. The van der Waals surface area contributed by atoms with Gasteiger partial charge in [-0.15, -0.1) is 0 Å². The molecule has 0 aliphatic heterocycles. The molecule has 4 fully saturated rings. The number of aliphatic carboxylic acids is 1. The third kappa shape index (κ3) is 5.53. The van der Waals surface area contributed by atoms with Crippen LogP contribution in [-0.2, 0) is 14.3 Å². The predicted molar refractivity (Wildman–Crippen MR) is 198 cm³/mol. The molecule has 5 aliphatic carbocycles. The summed E-state index contributed by atoms with van der Waals surface area (Å²) in [5.74, 6) is -2.19. The summed E-state index contributed by atoms with van der Waals surface area (Å²) in [5, 5.41) is 43.3. The Kier molecular flexibility index (Phi) is 8.72. The van der Waals surface area contributed by atoms with E-state index in [1.165, 1.54) is 54.1 Å². The van der Waals surface area contributed by atoms with E-state index in [4.69, 9.17) is 9.47 Å². The van der Waals surface area contributed by atoms with Gasteiger partial charge >= 0.3 is 17.9 Å². The van der Waals surface area contributed by atoms with E-state index < -0.39 is 52.5 Å². The van der Waals surface area contributed by atoms with Crippen LogP contribution in [0.3, 0.4) is 0 Å². The summed E-state index contributed by atoms with van der Waals surface area (Å²) < 4.78 is 12.5. The van der Waals surface area contributed by atoms with Gasteiger partial charge in [0, 0.05) is 10.8 Å². The molecular formula is C44H56O9. The highest BCUT2D eigenvalue weighted by Gasteiger charge is 2.72. The summed E-state index contributed by atoms with van der Waals surface area (Å²) in [6.45, 7) is 15.4. The van der Waals surface area contributed by atoms with E-state index in [-0.39, 0.29) is 56.6 Å². The lowest BCUT2D eigenvalue weighted by Gasteiger charge is -2.71. The van der Waals surface area contributed by atoms with Crippen molar-refractivity contribution in [3.63, 3.8) is 0 Å². The Bertz CT molecular complexity index is 1830. The molecule has 0 bridgehead atoms. The number of carboxylic acids is 1. The fourth-order valence-electron chi connectivity index (χ4n) is 12.8. The number of phenolic OH excluding ortho intramolecular Hbond substituents is 2. The highest BCUT2D eigenvalue weighted by atomic mass is 16.6. The van der Waals surface area contributed by atoms with Crippen LogP contribution in [0.1, 0.15) is 121 Å². The smallest absolute Gasteiger partial charge is 0.338 e. The third-order valence-electron chi connectivity index (χ3n) is 15.5. The number of carbonyl (C=O) groups is 3. The SMILES string of the molecule is CC1(C)CC[C@@]2(C(=O)O)CC=C3[C@](C)(CC[C@@H]4[C@@]5(C)[C@H](O)[C@H](OC(=O)c6ccc(O)cc6)[C@@H](OC(=O)c6ccc(O)cc6)C(C)(C)[C@H]5CC[C@]34C)C2C1. The number of aromatic hydroxyl groups is 2. The number of carbonyl (C=O) groups excluding carboxylic acids is 2. The predicted octanol–water partition coefficient (Wildman–Crippen LogP) is 8.32. The van der Waals surface area contributed by atoms with Gasteiger partial charge in [0.2, 0.25) is 0 Å². The number of carboxylic acid groups (broad SMARTS) is 1. The zero-order chi connectivity index (χ0) is 38.5. The average Bonchev–Trinajstić information content (AvgIpc) is 3.09. The van der Waals surface area contributed by atoms with Gasteiger partial charge in [0.15, 0.2) is 6.10 Å². The van der Waals surface area contributed by atoms with E-state index in [0.29, 0.717) is 12.8 Å². The topological polar surface area (TPSA) is 151 Å². The Hall–Kier alpha value is -3.85. The van der Waals surface area contributed by atoms with Crippen molar-refractivity contribution in [2.75, 3.05) is 0 Å². The molecule has 0 aromatic heterocycles. The van der Waals surface area contributed by atoms with Crippen LogP contribution in [0.2, 0.25) is 0 Å². The highest BCUT2D eigenvalue weighted by Crippen LogP contribution is 2.75. The zero-order valence-corrected chi connectivity index (χ0v) is 32.1. The molecule has 0 amide bonds. The first kappa shape index (κ1) is 37.5. The molecule has 286 valence electrons. The van der Waals surface area contributed by atoms with Crippen molar-refractivity contribution in [2.24, 2.45) is 50.2 Å². The molecule has 1 unspecified atom stereocenters. The zero-order valence-electron chi connectivity index (χ0n) is 32.1. The Morgan fingerprint density at radius 3 is 1.74 bits per heavy atom. The minimum atomic E-state index is -1.22. The number of aliphatic hydroxyl groups excluding tert-OH is 1. The third-order valence-corrected chi connectivity index (χ3v) is 15.5. The van der Waals surface area contributed by atoms with Crippen LogP contribution in [0, 0.1) is 50.2 Å². The van der Waals surface area contributed by atoms with Crippen molar-refractivity contribution in [3.8, 4) is 11.5 Å². The van der Waals surface area contributed by atoms with Crippen LogP contribution in [0.25, 0.3) is 0 Å². The monoisotopic (exact) mass is 728 g/mol. The van der Waals surface area contributed by atoms with Crippen LogP contribution in [0.4, 0.5) is 0 Å². The number of ether oxygens (including phenoxy) is 2. The van der Waals surface area contributed by atoms with Gasteiger partial charge in [0.25, 0.3) is 0 Å². The molecule has 5 aliphatic rings. The molecule has 0 saturated heterocycles. The minimum Gasteiger partial charge on any atom is -0.508 e. The highest BCUT2D eigenvalue weighted by molar-refractivity contribution is 5.90. The summed E-state index contributed by atoms with van der Waals surface area (Å²) in [7, 11) is 0. The molecule has 9 nitrogen and oxygen atoms in total. The molecule has 4 saturated carbocycles. The number of esters is 2. The number of allylic oxidation sites excluding steroid dienone is 2. The first-order chi connectivity index (χ1) is 24.7. The van der Waals surface area contributed by atoms with E-state index in [1.54, 1.807) is 0 Å². The van der Waals surface area contributed by atoms with Crippen LogP contribution < -0.4 is 0 Å². The maximum absolute atomic E-state index is 13.8. The van der Waals surface area contributed by atoms with Crippen molar-refractivity contribution >= 4 is 17.9 Å². The first-order valence-corrected chi connectivity index (χ1v) is 19.3. The van der Waals surface area contributed by atoms with Gasteiger partial charge in [0.1, 0.15) is 23.7 Å². The second-order valence-corrected chi connectivity index (χ2v) is 19.1. The van der Waals surface area contributed by atoms with Crippen molar-refractivity contribution in [1.29, 1.82) is 0 Å². The number of rotatable bonds is 5. The number of hydrogen-bond donors (Lipinski definition) is 4. The van der Waals surface area contributed by atoms with Gasteiger partial charge in [0.05, 0.1) is 16.5 Å². The molecule has 53 heavy (non-hydrogen) atoms. The Labute approximate surface area is 312 Å². The van der Waals surface area contributed by atoms with Crippen LogP contribution >= 0.6 is 0 Å². The largest absolute Gasteiger partial charge is 0.508 e. The van der Waals surface area contributed by atoms with E-state index in [0.717, 1.165) is 38.5 Å². The van der Waals surface area contributed by atoms with E-state index in [9.17, 15) is 34.8 Å². The lowest BCUT2D eigenvalue weighted by Crippen LogP contribution is -2.72.